The van der Waals surface area contributed by atoms with Crippen molar-refractivity contribution in [2.75, 3.05) is 18.5 Å². The van der Waals surface area contributed by atoms with Crippen molar-refractivity contribution in [1.82, 2.24) is 0 Å². The molecular formula is C16H21NO4. The normalized spacial score (nSPS) is 21.0. The van der Waals surface area contributed by atoms with Crippen molar-refractivity contribution in [3.8, 4) is 0 Å². The molecule has 0 spiro atoms. The van der Waals surface area contributed by atoms with E-state index in [2.05, 4.69) is 5.32 Å². The maximum Gasteiger partial charge on any atom is 0.338 e. The molecule has 0 radical (unpaired) electrons. The van der Waals surface area contributed by atoms with Gasteiger partial charge in [0.25, 0.3) is 5.91 Å². The molecule has 1 atom stereocenters. The van der Waals surface area contributed by atoms with E-state index in [0.717, 1.165) is 19.3 Å². The quantitative estimate of drug-likeness (QED) is 0.847. The van der Waals surface area contributed by atoms with Gasteiger partial charge in [-0.05, 0) is 50.5 Å². The van der Waals surface area contributed by atoms with E-state index in [9.17, 15) is 9.59 Å². The van der Waals surface area contributed by atoms with Crippen LogP contribution in [-0.2, 0) is 14.3 Å². The van der Waals surface area contributed by atoms with Gasteiger partial charge in [-0.3, -0.25) is 4.79 Å². The second-order valence-electron chi connectivity index (χ2n) is 5.35. The number of hydrogen-bond acceptors (Lipinski definition) is 4. The Morgan fingerprint density at radius 3 is 2.62 bits per heavy atom. The summed E-state index contributed by atoms with van der Waals surface area (Å²) in [7, 11) is 0. The lowest BCUT2D eigenvalue weighted by Crippen LogP contribution is -2.39. The summed E-state index contributed by atoms with van der Waals surface area (Å²) in [6.07, 6.45) is 2.41. The van der Waals surface area contributed by atoms with Gasteiger partial charge in [0.15, 0.2) is 0 Å². The van der Waals surface area contributed by atoms with Crippen molar-refractivity contribution < 1.29 is 19.1 Å². The third-order valence-electron chi connectivity index (χ3n) is 3.51. The highest BCUT2D eigenvalue weighted by Gasteiger charge is 2.37. The molecule has 1 saturated heterocycles. The van der Waals surface area contributed by atoms with Gasteiger partial charge in [0.05, 0.1) is 12.2 Å². The molecule has 1 aliphatic heterocycles. The Hall–Kier alpha value is -1.88. The van der Waals surface area contributed by atoms with Gasteiger partial charge in [0, 0.05) is 12.3 Å². The molecule has 1 heterocycles. The Kier molecular flexibility index (Phi) is 4.96. The SMILES string of the molecule is CCCOC(=O)c1ccc(NC(=O)C2(C)CCCO2)cc1. The molecule has 1 fully saturated rings. The predicted molar refractivity (Wildman–Crippen MR) is 79.2 cm³/mol. The second-order valence-corrected chi connectivity index (χ2v) is 5.35. The first-order valence-electron chi connectivity index (χ1n) is 7.28. The number of nitrogens with one attached hydrogen (secondary N) is 1. The van der Waals surface area contributed by atoms with Crippen molar-refractivity contribution in [3.05, 3.63) is 29.8 Å². The van der Waals surface area contributed by atoms with Crippen LogP contribution in [-0.4, -0.2) is 30.7 Å². The molecule has 5 nitrogen and oxygen atoms in total. The van der Waals surface area contributed by atoms with E-state index in [0.29, 0.717) is 24.5 Å². The van der Waals surface area contributed by atoms with Crippen molar-refractivity contribution in [3.63, 3.8) is 0 Å². The lowest BCUT2D eigenvalue weighted by atomic mass is 10.0. The van der Waals surface area contributed by atoms with Crippen LogP contribution in [0.2, 0.25) is 0 Å². The highest BCUT2D eigenvalue weighted by atomic mass is 16.5. The molecule has 1 unspecified atom stereocenters. The molecule has 21 heavy (non-hydrogen) atoms. The first-order chi connectivity index (χ1) is 10.0. The molecule has 1 amide bonds. The van der Waals surface area contributed by atoms with Crippen LogP contribution < -0.4 is 5.32 Å². The number of carbonyl (C=O) groups is 2. The topological polar surface area (TPSA) is 64.6 Å². The maximum absolute atomic E-state index is 12.2. The van der Waals surface area contributed by atoms with Crippen molar-refractivity contribution in [2.45, 2.75) is 38.7 Å². The number of rotatable bonds is 5. The molecule has 1 N–H and O–H groups in total. The maximum atomic E-state index is 12.2. The van der Waals surface area contributed by atoms with Crippen molar-refractivity contribution in [1.29, 1.82) is 0 Å². The number of ether oxygens (including phenoxy) is 2. The number of anilines is 1. The van der Waals surface area contributed by atoms with Gasteiger partial charge in [-0.2, -0.15) is 0 Å². The Morgan fingerprint density at radius 1 is 1.33 bits per heavy atom. The van der Waals surface area contributed by atoms with Gasteiger partial charge in [-0.25, -0.2) is 4.79 Å². The van der Waals surface area contributed by atoms with Crippen LogP contribution in [0.3, 0.4) is 0 Å². The van der Waals surface area contributed by atoms with Crippen LogP contribution in [0, 0.1) is 0 Å². The van der Waals surface area contributed by atoms with Gasteiger partial charge >= 0.3 is 5.97 Å². The molecule has 2 rings (SSSR count). The third kappa shape index (κ3) is 3.82. The van der Waals surface area contributed by atoms with Gasteiger partial charge in [-0.15, -0.1) is 0 Å². The molecule has 1 aliphatic rings. The van der Waals surface area contributed by atoms with Crippen LogP contribution in [0.25, 0.3) is 0 Å². The van der Waals surface area contributed by atoms with Crippen molar-refractivity contribution in [2.24, 2.45) is 0 Å². The highest BCUT2D eigenvalue weighted by Crippen LogP contribution is 2.26. The summed E-state index contributed by atoms with van der Waals surface area (Å²) in [5, 5.41) is 2.82. The van der Waals surface area contributed by atoms with Crippen LogP contribution in [0.1, 0.15) is 43.5 Å². The molecule has 0 saturated carbocycles. The Bertz CT molecular complexity index is 504. The van der Waals surface area contributed by atoms with E-state index in [1.165, 1.54) is 0 Å². The second kappa shape index (κ2) is 6.72. The van der Waals surface area contributed by atoms with Gasteiger partial charge < -0.3 is 14.8 Å². The predicted octanol–water partition coefficient (Wildman–Crippen LogP) is 2.76. The lowest BCUT2D eigenvalue weighted by molar-refractivity contribution is -0.133. The van der Waals surface area contributed by atoms with E-state index in [-0.39, 0.29) is 11.9 Å². The fourth-order valence-corrected chi connectivity index (χ4v) is 2.19. The first-order valence-corrected chi connectivity index (χ1v) is 7.28. The molecule has 0 bridgehead atoms. The Labute approximate surface area is 124 Å². The molecule has 5 heteroatoms. The van der Waals surface area contributed by atoms with Crippen LogP contribution in [0.15, 0.2) is 24.3 Å². The summed E-state index contributed by atoms with van der Waals surface area (Å²) in [6, 6.07) is 6.67. The number of hydrogen-bond donors (Lipinski definition) is 1. The lowest BCUT2D eigenvalue weighted by Gasteiger charge is -2.21. The summed E-state index contributed by atoms with van der Waals surface area (Å²) < 4.78 is 10.5. The monoisotopic (exact) mass is 291 g/mol. The van der Waals surface area contributed by atoms with E-state index in [1.54, 1.807) is 31.2 Å². The standard InChI is InChI=1S/C16H21NO4/c1-3-10-20-14(18)12-5-7-13(8-6-12)17-15(19)16(2)9-4-11-21-16/h5-8H,3-4,9-11H2,1-2H3,(H,17,19). The van der Waals surface area contributed by atoms with Crippen LogP contribution >= 0.6 is 0 Å². The summed E-state index contributed by atoms with van der Waals surface area (Å²) in [4.78, 5) is 23.8. The van der Waals surface area contributed by atoms with E-state index >= 15 is 0 Å². The van der Waals surface area contributed by atoms with Gasteiger partial charge in [0.2, 0.25) is 0 Å². The Morgan fingerprint density at radius 2 is 2.05 bits per heavy atom. The number of amides is 1. The van der Waals surface area contributed by atoms with E-state index < -0.39 is 5.60 Å². The largest absolute Gasteiger partial charge is 0.462 e. The minimum absolute atomic E-state index is 0.152. The van der Waals surface area contributed by atoms with Gasteiger partial charge in [-0.1, -0.05) is 6.92 Å². The summed E-state index contributed by atoms with van der Waals surface area (Å²) in [6.45, 7) is 4.77. The zero-order chi connectivity index (χ0) is 15.3. The average Bonchev–Trinajstić information content (AvgIpc) is 2.94. The zero-order valence-electron chi connectivity index (χ0n) is 12.5. The number of esters is 1. The summed E-state index contributed by atoms with van der Waals surface area (Å²) in [5.41, 5.74) is 0.368. The molecule has 1 aromatic carbocycles. The highest BCUT2D eigenvalue weighted by molar-refractivity contribution is 5.97. The summed E-state index contributed by atoms with van der Waals surface area (Å²) in [5.74, 6) is -0.498. The number of benzene rings is 1. The summed E-state index contributed by atoms with van der Waals surface area (Å²) >= 11 is 0. The molecule has 0 aliphatic carbocycles. The molecule has 114 valence electrons. The van der Waals surface area contributed by atoms with E-state index in [1.807, 2.05) is 6.92 Å². The zero-order valence-corrected chi connectivity index (χ0v) is 12.5. The minimum Gasteiger partial charge on any atom is -0.462 e. The van der Waals surface area contributed by atoms with Crippen LogP contribution in [0.5, 0.6) is 0 Å². The van der Waals surface area contributed by atoms with Crippen molar-refractivity contribution >= 4 is 17.6 Å². The third-order valence-corrected chi connectivity index (χ3v) is 3.51. The average molecular weight is 291 g/mol. The first kappa shape index (κ1) is 15.5. The smallest absolute Gasteiger partial charge is 0.338 e. The Balaban J connectivity index is 1.96. The fourth-order valence-electron chi connectivity index (χ4n) is 2.19. The minimum atomic E-state index is -0.751. The van der Waals surface area contributed by atoms with Gasteiger partial charge in [0.1, 0.15) is 5.60 Å². The molecular weight excluding hydrogens is 270 g/mol. The fraction of sp³-hybridized carbons (Fsp3) is 0.500. The number of carbonyl (C=O) groups excluding carboxylic acids is 2. The molecule has 1 aromatic rings. The van der Waals surface area contributed by atoms with Crippen LogP contribution in [0.4, 0.5) is 5.69 Å². The molecule has 0 aromatic heterocycles. The van der Waals surface area contributed by atoms with E-state index in [4.69, 9.17) is 9.47 Å².